The van der Waals surface area contributed by atoms with Gasteiger partial charge < -0.3 is 15.1 Å². The standard InChI is InChI=1S/C26H23F2N5O/c1-17-16-32(13-14-33(17)26(34)29-23-12-11-19(27)15-22(23)28)25-21-10-6-5-9-20(21)24(30-31-25)18-7-3-2-4-8-18/h2-12,15,17H,13-14,16H2,1H3,(H,29,34). The van der Waals surface area contributed by atoms with Crippen LogP contribution < -0.4 is 10.2 Å². The van der Waals surface area contributed by atoms with Gasteiger partial charge in [0.1, 0.15) is 17.3 Å². The second-order valence-electron chi connectivity index (χ2n) is 8.33. The molecule has 4 aromatic rings. The molecule has 3 aromatic carbocycles. The van der Waals surface area contributed by atoms with Gasteiger partial charge in [-0.2, -0.15) is 0 Å². The molecule has 172 valence electrons. The van der Waals surface area contributed by atoms with Crippen molar-refractivity contribution in [2.24, 2.45) is 0 Å². The number of hydrogen-bond acceptors (Lipinski definition) is 4. The molecule has 1 aromatic heterocycles. The minimum atomic E-state index is -0.806. The highest BCUT2D eigenvalue weighted by Gasteiger charge is 2.29. The summed E-state index contributed by atoms with van der Waals surface area (Å²) in [4.78, 5) is 16.5. The summed E-state index contributed by atoms with van der Waals surface area (Å²) in [5, 5.41) is 13.7. The van der Waals surface area contributed by atoms with Crippen molar-refractivity contribution in [1.82, 2.24) is 15.1 Å². The summed E-state index contributed by atoms with van der Waals surface area (Å²) >= 11 is 0. The summed E-state index contributed by atoms with van der Waals surface area (Å²) in [6.45, 7) is 3.45. The third kappa shape index (κ3) is 4.14. The molecule has 1 fully saturated rings. The van der Waals surface area contributed by atoms with Crippen LogP contribution in [0.15, 0.2) is 72.8 Å². The van der Waals surface area contributed by atoms with E-state index in [2.05, 4.69) is 20.4 Å². The number of carbonyl (C=O) groups excluding carboxylic acids is 1. The smallest absolute Gasteiger partial charge is 0.322 e. The first-order valence-corrected chi connectivity index (χ1v) is 11.1. The Hall–Kier alpha value is -4.07. The highest BCUT2D eigenvalue weighted by atomic mass is 19.1. The zero-order valence-corrected chi connectivity index (χ0v) is 18.6. The fourth-order valence-corrected chi connectivity index (χ4v) is 4.36. The Labute approximate surface area is 195 Å². The number of nitrogens with zero attached hydrogens (tertiary/aromatic N) is 4. The zero-order valence-electron chi connectivity index (χ0n) is 18.6. The molecule has 0 spiro atoms. The second kappa shape index (κ2) is 9.05. The summed E-state index contributed by atoms with van der Waals surface area (Å²) in [7, 11) is 0. The van der Waals surface area contributed by atoms with E-state index in [4.69, 9.17) is 0 Å². The molecule has 2 heterocycles. The van der Waals surface area contributed by atoms with E-state index in [1.165, 1.54) is 6.07 Å². The van der Waals surface area contributed by atoms with E-state index >= 15 is 0 Å². The first kappa shape index (κ1) is 21.8. The van der Waals surface area contributed by atoms with Crippen molar-refractivity contribution in [3.8, 4) is 11.3 Å². The van der Waals surface area contributed by atoms with Gasteiger partial charge in [0, 0.05) is 48.1 Å². The number of anilines is 2. The van der Waals surface area contributed by atoms with Crippen LogP contribution in [0.2, 0.25) is 0 Å². The molecule has 1 aliphatic rings. The maximum atomic E-state index is 14.0. The number of piperazine rings is 1. The molecular weight excluding hydrogens is 436 g/mol. The molecule has 1 atom stereocenters. The molecule has 34 heavy (non-hydrogen) atoms. The number of carbonyl (C=O) groups is 1. The first-order chi connectivity index (χ1) is 16.5. The number of rotatable bonds is 3. The van der Waals surface area contributed by atoms with E-state index in [9.17, 15) is 13.6 Å². The van der Waals surface area contributed by atoms with Gasteiger partial charge in [-0.15, -0.1) is 10.2 Å². The van der Waals surface area contributed by atoms with Crippen LogP contribution in [0.1, 0.15) is 6.92 Å². The first-order valence-electron chi connectivity index (χ1n) is 11.1. The van der Waals surface area contributed by atoms with Gasteiger partial charge in [-0.1, -0.05) is 54.6 Å². The van der Waals surface area contributed by atoms with Crippen LogP contribution in [-0.4, -0.2) is 46.8 Å². The fourth-order valence-electron chi connectivity index (χ4n) is 4.36. The molecule has 1 aliphatic heterocycles. The Morgan fingerprint density at radius 2 is 1.68 bits per heavy atom. The van der Waals surface area contributed by atoms with Gasteiger partial charge in [-0.25, -0.2) is 13.6 Å². The zero-order chi connectivity index (χ0) is 23.7. The van der Waals surface area contributed by atoms with E-state index in [1.807, 2.05) is 61.5 Å². The third-order valence-electron chi connectivity index (χ3n) is 6.08. The van der Waals surface area contributed by atoms with E-state index in [0.717, 1.165) is 40.0 Å². The van der Waals surface area contributed by atoms with Crippen LogP contribution in [0.5, 0.6) is 0 Å². The van der Waals surface area contributed by atoms with Gasteiger partial charge in [-0.05, 0) is 19.1 Å². The van der Waals surface area contributed by atoms with Gasteiger partial charge >= 0.3 is 6.03 Å². The van der Waals surface area contributed by atoms with Crippen LogP contribution in [-0.2, 0) is 0 Å². The van der Waals surface area contributed by atoms with Crippen LogP contribution in [0.25, 0.3) is 22.0 Å². The Morgan fingerprint density at radius 1 is 0.941 bits per heavy atom. The lowest BCUT2D eigenvalue weighted by Gasteiger charge is -2.40. The fraction of sp³-hybridized carbons (Fsp3) is 0.192. The highest BCUT2D eigenvalue weighted by molar-refractivity contribution is 6.00. The molecule has 6 nitrogen and oxygen atoms in total. The van der Waals surface area contributed by atoms with Crippen molar-refractivity contribution >= 4 is 28.3 Å². The second-order valence-corrected chi connectivity index (χ2v) is 8.33. The summed E-state index contributed by atoms with van der Waals surface area (Å²) in [5.41, 5.74) is 1.78. The lowest BCUT2D eigenvalue weighted by molar-refractivity contribution is 0.184. The molecule has 5 rings (SSSR count). The molecule has 1 N–H and O–H groups in total. The van der Waals surface area contributed by atoms with Crippen LogP contribution in [0.4, 0.5) is 25.1 Å². The summed E-state index contributed by atoms with van der Waals surface area (Å²) in [6, 6.07) is 20.5. The van der Waals surface area contributed by atoms with Crippen molar-refractivity contribution in [2.75, 3.05) is 29.9 Å². The molecule has 0 bridgehead atoms. The molecule has 0 aliphatic carbocycles. The Kier molecular flexibility index (Phi) is 5.79. The lowest BCUT2D eigenvalue weighted by atomic mass is 10.0. The molecule has 0 radical (unpaired) electrons. The number of halogens is 2. The number of aromatic nitrogens is 2. The summed E-state index contributed by atoms with van der Waals surface area (Å²) in [5.74, 6) is -0.726. The van der Waals surface area contributed by atoms with E-state index in [-0.39, 0.29) is 11.7 Å². The van der Waals surface area contributed by atoms with Crippen molar-refractivity contribution in [3.63, 3.8) is 0 Å². The van der Waals surface area contributed by atoms with Crippen molar-refractivity contribution in [1.29, 1.82) is 0 Å². The van der Waals surface area contributed by atoms with Gasteiger partial charge in [0.15, 0.2) is 5.82 Å². The number of nitrogens with one attached hydrogen (secondary N) is 1. The number of benzene rings is 3. The monoisotopic (exact) mass is 459 g/mol. The normalized spacial score (nSPS) is 16.0. The summed E-state index contributed by atoms with van der Waals surface area (Å²) < 4.78 is 27.1. The Morgan fingerprint density at radius 3 is 2.41 bits per heavy atom. The van der Waals surface area contributed by atoms with Crippen LogP contribution in [0.3, 0.4) is 0 Å². The minimum Gasteiger partial charge on any atom is -0.351 e. The maximum absolute atomic E-state index is 14.0. The van der Waals surface area contributed by atoms with Gasteiger partial charge in [-0.3, -0.25) is 0 Å². The number of fused-ring (bicyclic) bond motifs is 1. The molecule has 2 amide bonds. The number of hydrogen-bond donors (Lipinski definition) is 1. The predicted octanol–water partition coefficient (Wildman–Crippen LogP) is 5.32. The van der Waals surface area contributed by atoms with Gasteiger partial charge in [0.2, 0.25) is 0 Å². The Balaban J connectivity index is 1.37. The molecule has 8 heteroatoms. The molecular formula is C26H23F2N5O. The Bertz CT molecular complexity index is 1350. The van der Waals surface area contributed by atoms with Crippen molar-refractivity contribution in [3.05, 3.63) is 84.4 Å². The maximum Gasteiger partial charge on any atom is 0.322 e. The average Bonchev–Trinajstić information content (AvgIpc) is 2.85. The van der Waals surface area contributed by atoms with Crippen molar-refractivity contribution < 1.29 is 13.6 Å². The van der Waals surface area contributed by atoms with Crippen LogP contribution in [0, 0.1) is 11.6 Å². The van der Waals surface area contributed by atoms with Crippen molar-refractivity contribution in [2.45, 2.75) is 13.0 Å². The number of amides is 2. The predicted molar refractivity (Wildman–Crippen MR) is 129 cm³/mol. The summed E-state index contributed by atoms with van der Waals surface area (Å²) in [6.07, 6.45) is 0. The third-order valence-corrected chi connectivity index (χ3v) is 6.08. The highest BCUT2D eigenvalue weighted by Crippen LogP contribution is 2.32. The lowest BCUT2D eigenvalue weighted by Crippen LogP contribution is -2.55. The molecule has 1 saturated heterocycles. The molecule has 0 saturated carbocycles. The largest absolute Gasteiger partial charge is 0.351 e. The van der Waals surface area contributed by atoms with E-state index < -0.39 is 17.7 Å². The minimum absolute atomic E-state index is 0.0469. The van der Waals surface area contributed by atoms with Gasteiger partial charge in [0.05, 0.1) is 5.69 Å². The van der Waals surface area contributed by atoms with Gasteiger partial charge in [0.25, 0.3) is 0 Å². The quantitative estimate of drug-likeness (QED) is 0.451. The topological polar surface area (TPSA) is 61.4 Å². The van der Waals surface area contributed by atoms with Crippen LogP contribution >= 0.6 is 0 Å². The van der Waals surface area contributed by atoms with E-state index in [0.29, 0.717) is 19.6 Å². The molecule has 1 unspecified atom stereocenters. The SMILES string of the molecule is CC1CN(c2nnc(-c3ccccc3)c3ccccc23)CCN1C(=O)Nc1ccc(F)cc1F. The average molecular weight is 460 g/mol. The number of urea groups is 1. The van der Waals surface area contributed by atoms with E-state index in [1.54, 1.807) is 4.90 Å².